The van der Waals surface area contributed by atoms with Gasteiger partial charge in [0.1, 0.15) is 0 Å². The van der Waals surface area contributed by atoms with Crippen LogP contribution in [-0.2, 0) is 0 Å². The summed E-state index contributed by atoms with van der Waals surface area (Å²) in [6.07, 6.45) is 0. The van der Waals surface area contributed by atoms with Gasteiger partial charge in [0.05, 0.1) is 10.7 Å². The second-order valence-corrected chi connectivity index (χ2v) is 3.48. The van der Waals surface area contributed by atoms with Gasteiger partial charge in [-0.1, -0.05) is 0 Å². The minimum Gasteiger partial charge on any atom is -0.494 e. The molecule has 0 unspecified atom stereocenters. The zero-order chi connectivity index (χ0) is 8.43. The van der Waals surface area contributed by atoms with E-state index in [0.29, 0.717) is 8.47 Å². The van der Waals surface area contributed by atoms with Crippen LogP contribution in [0.3, 0.4) is 0 Å². The maximum absolute atomic E-state index is 13.1. The van der Waals surface area contributed by atoms with Crippen molar-refractivity contribution in [3.63, 3.8) is 0 Å². The van der Waals surface area contributed by atoms with Crippen LogP contribution in [-0.4, -0.2) is 7.11 Å². The smallest absolute Gasteiger partial charge is 0.179 e. The molecule has 0 amide bonds. The molecule has 11 heavy (non-hydrogen) atoms. The Morgan fingerprint density at radius 3 is 2.73 bits per heavy atom. The molecular formula is C7H6FIOS. The van der Waals surface area contributed by atoms with Gasteiger partial charge in [-0.25, -0.2) is 4.39 Å². The summed E-state index contributed by atoms with van der Waals surface area (Å²) in [6, 6.07) is 3.26. The van der Waals surface area contributed by atoms with Crippen LogP contribution in [0.25, 0.3) is 0 Å². The average molecular weight is 284 g/mol. The highest BCUT2D eigenvalue weighted by Crippen LogP contribution is 2.26. The number of halogens is 2. The Bertz CT molecular complexity index is 277. The number of methoxy groups -OCH3 is 1. The van der Waals surface area contributed by atoms with Crippen LogP contribution in [0.15, 0.2) is 17.0 Å². The molecule has 0 saturated carbocycles. The molecule has 0 spiro atoms. The fraction of sp³-hybridized carbons (Fsp3) is 0.143. The largest absolute Gasteiger partial charge is 0.494 e. The lowest BCUT2D eigenvalue weighted by Crippen LogP contribution is -1.91. The van der Waals surface area contributed by atoms with Gasteiger partial charge in [-0.3, -0.25) is 0 Å². The van der Waals surface area contributed by atoms with Crippen molar-refractivity contribution >= 4 is 35.2 Å². The molecule has 0 heterocycles. The molecule has 0 fully saturated rings. The van der Waals surface area contributed by atoms with Gasteiger partial charge in [0.15, 0.2) is 11.6 Å². The third-order valence-electron chi connectivity index (χ3n) is 1.25. The Kier molecular flexibility index (Phi) is 3.00. The van der Waals surface area contributed by atoms with Crippen LogP contribution in [0, 0.1) is 9.39 Å². The lowest BCUT2D eigenvalue weighted by molar-refractivity contribution is 0.384. The van der Waals surface area contributed by atoms with Crippen LogP contribution >= 0.6 is 35.2 Å². The van der Waals surface area contributed by atoms with Gasteiger partial charge >= 0.3 is 0 Å². The van der Waals surface area contributed by atoms with Crippen LogP contribution < -0.4 is 4.74 Å². The predicted octanol–water partition coefficient (Wildman–Crippen LogP) is 2.73. The summed E-state index contributed by atoms with van der Waals surface area (Å²) in [5, 5.41) is 0. The van der Waals surface area contributed by atoms with Gasteiger partial charge in [-0.2, -0.15) is 0 Å². The van der Waals surface area contributed by atoms with E-state index in [1.54, 1.807) is 12.1 Å². The molecule has 0 aromatic heterocycles. The van der Waals surface area contributed by atoms with Crippen molar-refractivity contribution < 1.29 is 9.13 Å². The molecule has 60 valence electrons. The van der Waals surface area contributed by atoms with E-state index in [1.807, 2.05) is 22.6 Å². The number of benzene rings is 1. The Hall–Kier alpha value is 0.0300. The maximum Gasteiger partial charge on any atom is 0.179 e. The summed E-state index contributed by atoms with van der Waals surface area (Å²) >= 11 is 5.94. The summed E-state index contributed by atoms with van der Waals surface area (Å²) < 4.78 is 18.3. The first-order valence-corrected chi connectivity index (χ1v) is 4.40. The standard InChI is InChI=1S/C7H6FIOS/c1-10-4-2-3-5(11)7(9)6(4)8/h2-3,11H,1H3. The van der Waals surface area contributed by atoms with Crippen molar-refractivity contribution in [3.05, 3.63) is 21.5 Å². The zero-order valence-corrected chi connectivity index (χ0v) is 8.82. The van der Waals surface area contributed by atoms with Gasteiger partial charge < -0.3 is 4.74 Å². The SMILES string of the molecule is COc1ccc(S)c(I)c1F. The predicted molar refractivity (Wildman–Crippen MR) is 52.9 cm³/mol. The molecule has 0 aliphatic heterocycles. The molecule has 0 saturated heterocycles. The Morgan fingerprint density at radius 2 is 2.18 bits per heavy atom. The second-order valence-electron chi connectivity index (χ2n) is 1.91. The maximum atomic E-state index is 13.1. The minimum absolute atomic E-state index is 0.257. The lowest BCUT2D eigenvalue weighted by atomic mass is 10.3. The molecular weight excluding hydrogens is 278 g/mol. The number of hydrogen-bond donors (Lipinski definition) is 1. The zero-order valence-electron chi connectivity index (χ0n) is 5.77. The molecule has 0 aliphatic rings. The number of hydrogen-bond acceptors (Lipinski definition) is 2. The summed E-state index contributed by atoms with van der Waals surface area (Å²) in [5.41, 5.74) is 0. The third kappa shape index (κ3) is 1.79. The van der Waals surface area contributed by atoms with E-state index in [1.165, 1.54) is 7.11 Å². The minimum atomic E-state index is -0.347. The first kappa shape index (κ1) is 9.12. The van der Waals surface area contributed by atoms with E-state index in [9.17, 15) is 4.39 Å². The van der Waals surface area contributed by atoms with E-state index >= 15 is 0 Å². The van der Waals surface area contributed by atoms with Crippen LogP contribution in [0.1, 0.15) is 0 Å². The lowest BCUT2D eigenvalue weighted by Gasteiger charge is -2.03. The number of thiol groups is 1. The molecule has 1 aromatic carbocycles. The Labute approximate surface area is 83.5 Å². The van der Waals surface area contributed by atoms with Crippen molar-refractivity contribution in [3.8, 4) is 5.75 Å². The molecule has 1 aromatic rings. The summed E-state index contributed by atoms with van der Waals surface area (Å²) in [5.74, 6) is -0.0900. The summed E-state index contributed by atoms with van der Waals surface area (Å²) in [4.78, 5) is 0.629. The van der Waals surface area contributed by atoms with E-state index < -0.39 is 0 Å². The van der Waals surface area contributed by atoms with Crippen LogP contribution in [0.2, 0.25) is 0 Å². The van der Waals surface area contributed by atoms with E-state index in [2.05, 4.69) is 12.6 Å². The van der Waals surface area contributed by atoms with E-state index in [4.69, 9.17) is 4.74 Å². The topological polar surface area (TPSA) is 9.23 Å². The fourth-order valence-corrected chi connectivity index (χ4v) is 1.30. The first-order chi connectivity index (χ1) is 5.16. The van der Waals surface area contributed by atoms with Crippen molar-refractivity contribution in [2.24, 2.45) is 0 Å². The Morgan fingerprint density at radius 1 is 1.55 bits per heavy atom. The van der Waals surface area contributed by atoms with Gasteiger partial charge in [0, 0.05) is 4.90 Å². The highest BCUT2D eigenvalue weighted by Gasteiger charge is 2.08. The van der Waals surface area contributed by atoms with Gasteiger partial charge in [-0.15, -0.1) is 12.6 Å². The monoisotopic (exact) mass is 284 g/mol. The molecule has 0 radical (unpaired) electrons. The molecule has 1 rings (SSSR count). The van der Waals surface area contributed by atoms with Crippen molar-refractivity contribution in [2.45, 2.75) is 4.90 Å². The van der Waals surface area contributed by atoms with Gasteiger partial charge in [0.2, 0.25) is 0 Å². The number of rotatable bonds is 1. The molecule has 4 heteroatoms. The molecule has 0 aliphatic carbocycles. The van der Waals surface area contributed by atoms with Crippen LogP contribution in [0.5, 0.6) is 5.75 Å². The van der Waals surface area contributed by atoms with Crippen molar-refractivity contribution in [1.29, 1.82) is 0 Å². The third-order valence-corrected chi connectivity index (χ3v) is 3.10. The summed E-state index contributed by atoms with van der Waals surface area (Å²) in [6.45, 7) is 0. The van der Waals surface area contributed by atoms with E-state index in [0.717, 1.165) is 0 Å². The first-order valence-electron chi connectivity index (χ1n) is 2.87. The quantitative estimate of drug-likeness (QED) is 0.616. The average Bonchev–Trinajstić information content (AvgIpc) is 2.01. The Balaban J connectivity index is 3.25. The van der Waals surface area contributed by atoms with Crippen molar-refractivity contribution in [1.82, 2.24) is 0 Å². The highest BCUT2D eigenvalue weighted by molar-refractivity contribution is 14.1. The fourth-order valence-electron chi connectivity index (χ4n) is 0.679. The number of ether oxygens (including phenoxy) is 1. The van der Waals surface area contributed by atoms with Crippen molar-refractivity contribution in [2.75, 3.05) is 7.11 Å². The van der Waals surface area contributed by atoms with Gasteiger partial charge in [0.25, 0.3) is 0 Å². The van der Waals surface area contributed by atoms with E-state index in [-0.39, 0.29) is 11.6 Å². The highest BCUT2D eigenvalue weighted by atomic mass is 127. The second kappa shape index (κ2) is 3.62. The van der Waals surface area contributed by atoms with Crippen LogP contribution in [0.4, 0.5) is 4.39 Å². The normalized spacial score (nSPS) is 9.82. The molecule has 0 atom stereocenters. The van der Waals surface area contributed by atoms with Gasteiger partial charge in [-0.05, 0) is 34.7 Å². The molecule has 0 N–H and O–H groups in total. The summed E-state index contributed by atoms with van der Waals surface area (Å²) in [7, 11) is 1.44. The molecule has 0 bridgehead atoms. The molecule has 1 nitrogen and oxygen atoms in total.